The molecule has 0 aliphatic heterocycles. The molecule has 2 aromatic heterocycles. The first-order valence-electron chi connectivity index (χ1n) is 6.86. The molecule has 3 aromatic rings. The average Bonchev–Trinajstić information content (AvgIpc) is 3.14. The molecule has 0 radical (unpaired) electrons. The predicted molar refractivity (Wildman–Crippen MR) is 78.1 cm³/mol. The molecule has 1 N–H and O–H groups in total. The fraction of sp³-hybridized carbons (Fsp3) is 0.267. The SMILES string of the molecule is CCc1cc(-c2nc(-c3ccccc3)n[nH]2)n(CC)n1. The van der Waals surface area contributed by atoms with E-state index in [1.54, 1.807) is 0 Å². The quantitative estimate of drug-likeness (QED) is 0.790. The van der Waals surface area contributed by atoms with Gasteiger partial charge in [0.2, 0.25) is 0 Å². The predicted octanol–water partition coefficient (Wildman–Crippen LogP) is 2.92. The zero-order valence-corrected chi connectivity index (χ0v) is 11.7. The molecule has 5 nitrogen and oxygen atoms in total. The molecule has 20 heavy (non-hydrogen) atoms. The summed E-state index contributed by atoms with van der Waals surface area (Å²) >= 11 is 0. The van der Waals surface area contributed by atoms with Crippen molar-refractivity contribution in [1.29, 1.82) is 0 Å². The highest BCUT2D eigenvalue weighted by Gasteiger charge is 2.13. The van der Waals surface area contributed by atoms with Crippen molar-refractivity contribution in [2.24, 2.45) is 0 Å². The Balaban J connectivity index is 2.00. The van der Waals surface area contributed by atoms with E-state index in [-0.39, 0.29) is 0 Å². The molecular formula is C15H17N5. The maximum absolute atomic E-state index is 4.58. The maximum atomic E-state index is 4.58. The lowest BCUT2D eigenvalue weighted by molar-refractivity contribution is 0.652. The first-order chi connectivity index (χ1) is 9.81. The number of aryl methyl sites for hydroxylation is 2. The monoisotopic (exact) mass is 267 g/mol. The van der Waals surface area contributed by atoms with E-state index in [2.05, 4.69) is 40.2 Å². The van der Waals surface area contributed by atoms with Crippen LogP contribution in [0.15, 0.2) is 36.4 Å². The van der Waals surface area contributed by atoms with E-state index < -0.39 is 0 Å². The summed E-state index contributed by atoms with van der Waals surface area (Å²) in [4.78, 5) is 4.58. The van der Waals surface area contributed by atoms with Crippen LogP contribution in [0.25, 0.3) is 22.9 Å². The van der Waals surface area contributed by atoms with Gasteiger partial charge in [-0.05, 0) is 19.4 Å². The van der Waals surface area contributed by atoms with Crippen LogP contribution in [0.5, 0.6) is 0 Å². The van der Waals surface area contributed by atoms with Crippen LogP contribution >= 0.6 is 0 Å². The molecule has 0 atom stereocenters. The fourth-order valence-electron chi connectivity index (χ4n) is 2.17. The van der Waals surface area contributed by atoms with Crippen molar-refractivity contribution >= 4 is 0 Å². The van der Waals surface area contributed by atoms with Gasteiger partial charge in [-0.2, -0.15) is 10.2 Å². The van der Waals surface area contributed by atoms with Gasteiger partial charge >= 0.3 is 0 Å². The highest BCUT2D eigenvalue weighted by Crippen LogP contribution is 2.21. The summed E-state index contributed by atoms with van der Waals surface area (Å²) in [5.41, 5.74) is 3.06. The third-order valence-corrected chi connectivity index (χ3v) is 3.25. The van der Waals surface area contributed by atoms with Crippen molar-refractivity contribution in [3.05, 3.63) is 42.1 Å². The molecule has 102 valence electrons. The summed E-state index contributed by atoms with van der Waals surface area (Å²) in [6.45, 7) is 4.99. The third-order valence-electron chi connectivity index (χ3n) is 3.25. The molecule has 2 heterocycles. The first-order valence-corrected chi connectivity index (χ1v) is 6.86. The van der Waals surface area contributed by atoms with Crippen molar-refractivity contribution in [3.63, 3.8) is 0 Å². The maximum Gasteiger partial charge on any atom is 0.181 e. The second-order valence-corrected chi connectivity index (χ2v) is 4.56. The lowest BCUT2D eigenvalue weighted by Crippen LogP contribution is -2.00. The van der Waals surface area contributed by atoms with E-state index in [1.165, 1.54) is 0 Å². The van der Waals surface area contributed by atoms with Gasteiger partial charge in [-0.25, -0.2) is 4.98 Å². The molecule has 5 heteroatoms. The van der Waals surface area contributed by atoms with Gasteiger partial charge in [0.25, 0.3) is 0 Å². The average molecular weight is 267 g/mol. The number of benzene rings is 1. The lowest BCUT2D eigenvalue weighted by atomic mass is 10.2. The fourth-order valence-corrected chi connectivity index (χ4v) is 2.17. The van der Waals surface area contributed by atoms with E-state index >= 15 is 0 Å². The second kappa shape index (κ2) is 5.28. The van der Waals surface area contributed by atoms with Crippen molar-refractivity contribution in [3.8, 4) is 22.9 Å². The molecule has 0 saturated carbocycles. The van der Waals surface area contributed by atoms with Gasteiger partial charge in [-0.3, -0.25) is 9.78 Å². The molecule has 0 unspecified atom stereocenters. The van der Waals surface area contributed by atoms with Crippen LogP contribution in [0.1, 0.15) is 19.5 Å². The van der Waals surface area contributed by atoms with E-state index in [9.17, 15) is 0 Å². The normalized spacial score (nSPS) is 10.9. The van der Waals surface area contributed by atoms with Gasteiger partial charge in [-0.1, -0.05) is 37.3 Å². The van der Waals surface area contributed by atoms with Crippen molar-refractivity contribution in [2.75, 3.05) is 0 Å². The molecule has 0 aliphatic rings. The van der Waals surface area contributed by atoms with Crippen LogP contribution in [0.2, 0.25) is 0 Å². The zero-order chi connectivity index (χ0) is 13.9. The highest BCUT2D eigenvalue weighted by molar-refractivity contribution is 5.59. The summed E-state index contributed by atoms with van der Waals surface area (Å²) < 4.78 is 1.95. The van der Waals surface area contributed by atoms with E-state index in [4.69, 9.17) is 0 Å². The Bertz CT molecular complexity index is 696. The number of H-pyrrole nitrogens is 1. The van der Waals surface area contributed by atoms with Gasteiger partial charge < -0.3 is 0 Å². The van der Waals surface area contributed by atoms with E-state index in [0.29, 0.717) is 5.82 Å². The van der Waals surface area contributed by atoms with Crippen LogP contribution in [0.3, 0.4) is 0 Å². The molecule has 0 spiro atoms. The summed E-state index contributed by atoms with van der Waals surface area (Å²) in [5, 5.41) is 11.8. The van der Waals surface area contributed by atoms with Gasteiger partial charge in [0, 0.05) is 12.1 Å². The van der Waals surface area contributed by atoms with Crippen LogP contribution in [0.4, 0.5) is 0 Å². The molecule has 0 fully saturated rings. The Morgan fingerprint density at radius 3 is 2.65 bits per heavy atom. The standard InChI is InChI=1S/C15H17N5/c1-3-12-10-13(20(4-2)19-12)15-16-14(17-18-15)11-8-6-5-7-9-11/h5-10H,3-4H2,1-2H3,(H,16,17,18). The zero-order valence-electron chi connectivity index (χ0n) is 11.7. The number of hydrogen-bond donors (Lipinski definition) is 1. The van der Waals surface area contributed by atoms with Crippen LogP contribution < -0.4 is 0 Å². The molecule has 1 aromatic carbocycles. The molecule has 3 rings (SSSR count). The largest absolute Gasteiger partial charge is 0.262 e. The second-order valence-electron chi connectivity index (χ2n) is 4.56. The molecule has 0 bridgehead atoms. The number of rotatable bonds is 4. The highest BCUT2D eigenvalue weighted by atomic mass is 15.3. The Morgan fingerprint density at radius 2 is 1.95 bits per heavy atom. The number of aromatic nitrogens is 5. The van der Waals surface area contributed by atoms with Gasteiger partial charge in [0.05, 0.1) is 5.69 Å². The number of nitrogens with one attached hydrogen (secondary N) is 1. The summed E-state index contributed by atoms with van der Waals surface area (Å²) in [7, 11) is 0. The van der Waals surface area contributed by atoms with Gasteiger partial charge in [0.1, 0.15) is 5.69 Å². The van der Waals surface area contributed by atoms with Crippen LogP contribution in [-0.4, -0.2) is 25.0 Å². The number of aromatic amines is 1. The Morgan fingerprint density at radius 1 is 1.15 bits per heavy atom. The molecule has 0 amide bonds. The first kappa shape index (κ1) is 12.6. The van der Waals surface area contributed by atoms with E-state index in [0.717, 1.165) is 35.7 Å². The minimum Gasteiger partial charge on any atom is -0.262 e. The Labute approximate surface area is 117 Å². The van der Waals surface area contributed by atoms with Crippen molar-refractivity contribution in [1.82, 2.24) is 25.0 Å². The van der Waals surface area contributed by atoms with Crippen LogP contribution in [0, 0.1) is 0 Å². The van der Waals surface area contributed by atoms with Crippen LogP contribution in [-0.2, 0) is 13.0 Å². The lowest BCUT2D eigenvalue weighted by Gasteiger charge is -1.99. The third kappa shape index (κ3) is 2.22. The van der Waals surface area contributed by atoms with Crippen molar-refractivity contribution < 1.29 is 0 Å². The summed E-state index contributed by atoms with van der Waals surface area (Å²) in [6, 6.07) is 12.0. The summed E-state index contributed by atoms with van der Waals surface area (Å²) in [5.74, 6) is 1.47. The van der Waals surface area contributed by atoms with E-state index in [1.807, 2.05) is 35.0 Å². The number of hydrogen-bond acceptors (Lipinski definition) is 3. The molecule has 0 saturated heterocycles. The van der Waals surface area contributed by atoms with Crippen molar-refractivity contribution in [2.45, 2.75) is 26.8 Å². The molecule has 0 aliphatic carbocycles. The van der Waals surface area contributed by atoms with Gasteiger partial charge in [-0.15, -0.1) is 0 Å². The minimum absolute atomic E-state index is 0.711. The number of nitrogens with zero attached hydrogens (tertiary/aromatic N) is 4. The molecular weight excluding hydrogens is 250 g/mol. The topological polar surface area (TPSA) is 59.4 Å². The van der Waals surface area contributed by atoms with Gasteiger partial charge in [0.15, 0.2) is 11.6 Å². The Hall–Kier alpha value is -2.43. The smallest absolute Gasteiger partial charge is 0.181 e. The minimum atomic E-state index is 0.711. The summed E-state index contributed by atoms with van der Waals surface area (Å²) in [6.07, 6.45) is 0.916. The Kier molecular flexibility index (Phi) is 3.33.